The summed E-state index contributed by atoms with van der Waals surface area (Å²) in [5, 5.41) is 15.4. The fraction of sp³-hybridized carbons (Fsp3) is 0. The minimum absolute atomic E-state index is 0.0484. The van der Waals surface area contributed by atoms with E-state index in [-0.39, 0.29) is 11.4 Å². The number of hydrazone groups is 1. The topological polar surface area (TPSA) is 68.9 Å². The van der Waals surface area contributed by atoms with Crippen molar-refractivity contribution >= 4 is 39.8 Å². The number of hydrogen-bond donors (Lipinski definition) is 1. The Kier molecular flexibility index (Phi) is 3.59. The van der Waals surface area contributed by atoms with Crippen LogP contribution in [0.15, 0.2) is 76.3 Å². The Morgan fingerprint density at radius 3 is 2.38 bits per heavy atom. The minimum atomic E-state index is -0.410. The fourth-order valence-electron chi connectivity index (χ4n) is 2.41. The molecule has 2 heterocycles. The van der Waals surface area contributed by atoms with Crippen molar-refractivity contribution in [3.8, 4) is 0 Å². The number of fused-ring (bicyclic) bond motifs is 1. The molecular formula is C18H12N4OS. The van der Waals surface area contributed by atoms with E-state index in [0.29, 0.717) is 5.17 Å². The van der Waals surface area contributed by atoms with Crippen LogP contribution in [0.3, 0.4) is 0 Å². The third-order valence-corrected chi connectivity index (χ3v) is 4.54. The van der Waals surface area contributed by atoms with Crippen molar-refractivity contribution < 1.29 is 4.79 Å². The molecule has 5 nitrogen and oxygen atoms in total. The average molecular weight is 332 g/mol. The second-order valence-corrected chi connectivity index (χ2v) is 6.16. The van der Waals surface area contributed by atoms with Crippen LogP contribution >= 0.6 is 11.8 Å². The van der Waals surface area contributed by atoms with Gasteiger partial charge in [0.25, 0.3) is 5.91 Å². The molecule has 0 atom stereocenters. The van der Waals surface area contributed by atoms with Crippen LogP contribution in [0.1, 0.15) is 11.1 Å². The van der Waals surface area contributed by atoms with Gasteiger partial charge in [0.05, 0.1) is 5.57 Å². The highest BCUT2D eigenvalue weighted by Crippen LogP contribution is 2.30. The summed E-state index contributed by atoms with van der Waals surface area (Å²) in [5.74, 6) is -0.362. The molecule has 2 aromatic rings. The van der Waals surface area contributed by atoms with Gasteiger partial charge in [0.1, 0.15) is 5.04 Å². The third kappa shape index (κ3) is 2.57. The van der Waals surface area contributed by atoms with Crippen molar-refractivity contribution in [2.45, 2.75) is 0 Å². The molecule has 0 spiro atoms. The van der Waals surface area contributed by atoms with Gasteiger partial charge >= 0.3 is 0 Å². The number of aliphatic imine (C=N–C) groups is 1. The highest BCUT2D eigenvalue weighted by atomic mass is 32.2. The van der Waals surface area contributed by atoms with Crippen LogP contribution in [0.2, 0.25) is 0 Å². The van der Waals surface area contributed by atoms with Gasteiger partial charge in [0, 0.05) is 5.56 Å². The normalized spacial score (nSPS) is 18.5. The molecule has 2 aliphatic heterocycles. The summed E-state index contributed by atoms with van der Waals surface area (Å²) < 4.78 is 0. The van der Waals surface area contributed by atoms with Gasteiger partial charge in [0.15, 0.2) is 5.84 Å². The lowest BCUT2D eigenvalue weighted by molar-refractivity contribution is -0.114. The van der Waals surface area contributed by atoms with Gasteiger partial charge in [-0.3, -0.25) is 10.2 Å². The highest BCUT2D eigenvalue weighted by molar-refractivity contribution is 8.27. The predicted molar refractivity (Wildman–Crippen MR) is 97.0 cm³/mol. The van der Waals surface area contributed by atoms with Crippen LogP contribution in [0.25, 0.3) is 6.08 Å². The van der Waals surface area contributed by atoms with Crippen LogP contribution in [0, 0.1) is 5.41 Å². The van der Waals surface area contributed by atoms with Crippen LogP contribution in [0.5, 0.6) is 0 Å². The van der Waals surface area contributed by atoms with E-state index in [1.165, 1.54) is 16.8 Å². The standard InChI is InChI=1S/C18H12N4OS/c19-15-14(11-12-7-3-1-4-8-12)16(23)20-18-22(15)21-17(24-18)13-9-5-2-6-10-13/h1-11,19H/b14-11-,19-15?. The first-order valence-electron chi connectivity index (χ1n) is 7.33. The average Bonchev–Trinajstić information content (AvgIpc) is 3.04. The Labute approximate surface area is 142 Å². The summed E-state index contributed by atoms with van der Waals surface area (Å²) in [4.78, 5) is 16.4. The molecule has 24 heavy (non-hydrogen) atoms. The monoisotopic (exact) mass is 332 g/mol. The van der Waals surface area contributed by atoms with Gasteiger partial charge in [-0.15, -0.1) is 0 Å². The first-order valence-corrected chi connectivity index (χ1v) is 8.15. The van der Waals surface area contributed by atoms with Gasteiger partial charge in [-0.1, -0.05) is 60.7 Å². The SMILES string of the molecule is N=C1/C(=C/c2ccccc2)C(=O)N=C2SC(c3ccccc3)=NN12. The van der Waals surface area contributed by atoms with Crippen LogP contribution in [0.4, 0.5) is 0 Å². The first kappa shape index (κ1) is 14.6. The lowest BCUT2D eigenvalue weighted by atomic mass is 10.1. The molecule has 6 heteroatoms. The highest BCUT2D eigenvalue weighted by Gasteiger charge is 2.35. The number of nitrogens with zero attached hydrogens (tertiary/aromatic N) is 3. The van der Waals surface area contributed by atoms with E-state index >= 15 is 0 Å². The molecule has 0 aliphatic carbocycles. The lowest BCUT2D eigenvalue weighted by Crippen LogP contribution is -2.35. The van der Waals surface area contributed by atoms with E-state index in [0.717, 1.165) is 16.2 Å². The molecule has 2 aliphatic rings. The summed E-state index contributed by atoms with van der Waals surface area (Å²) in [5.41, 5.74) is 2.03. The molecule has 4 rings (SSSR count). The molecule has 0 bridgehead atoms. The molecule has 116 valence electrons. The summed E-state index contributed by atoms with van der Waals surface area (Å²) in [6, 6.07) is 19.1. The van der Waals surface area contributed by atoms with Crippen LogP contribution in [-0.4, -0.2) is 27.0 Å². The van der Waals surface area contributed by atoms with E-state index in [4.69, 9.17) is 5.41 Å². The Morgan fingerprint density at radius 2 is 1.67 bits per heavy atom. The second kappa shape index (κ2) is 5.90. The largest absolute Gasteiger partial charge is 0.283 e. The van der Waals surface area contributed by atoms with E-state index in [1.54, 1.807) is 6.08 Å². The van der Waals surface area contributed by atoms with Crippen LogP contribution < -0.4 is 0 Å². The molecule has 0 fully saturated rings. The van der Waals surface area contributed by atoms with E-state index in [2.05, 4.69) is 10.1 Å². The number of benzene rings is 2. The smallest absolute Gasteiger partial charge is 0.282 e. The summed E-state index contributed by atoms with van der Waals surface area (Å²) >= 11 is 1.30. The number of thioether (sulfide) groups is 1. The van der Waals surface area contributed by atoms with Gasteiger partial charge < -0.3 is 0 Å². The maximum Gasteiger partial charge on any atom is 0.283 e. The lowest BCUT2D eigenvalue weighted by Gasteiger charge is -2.20. The molecule has 0 saturated heterocycles. The molecule has 0 aromatic heterocycles. The van der Waals surface area contributed by atoms with Crippen molar-refractivity contribution in [3.63, 3.8) is 0 Å². The maximum absolute atomic E-state index is 12.3. The number of nitrogens with one attached hydrogen (secondary N) is 1. The zero-order valence-corrected chi connectivity index (χ0v) is 13.3. The van der Waals surface area contributed by atoms with Crippen molar-refractivity contribution in [1.82, 2.24) is 5.01 Å². The van der Waals surface area contributed by atoms with Gasteiger partial charge in [-0.05, 0) is 23.4 Å². The quantitative estimate of drug-likeness (QED) is 0.858. The zero-order valence-electron chi connectivity index (χ0n) is 12.5. The van der Waals surface area contributed by atoms with E-state index in [9.17, 15) is 4.79 Å². The van der Waals surface area contributed by atoms with E-state index < -0.39 is 5.91 Å². The minimum Gasteiger partial charge on any atom is -0.282 e. The number of carbonyl (C=O) groups is 1. The number of rotatable bonds is 2. The first-order chi connectivity index (χ1) is 11.7. The van der Waals surface area contributed by atoms with Crippen molar-refractivity contribution in [2.75, 3.05) is 0 Å². The molecule has 2 aromatic carbocycles. The molecular weight excluding hydrogens is 320 g/mol. The number of carbonyl (C=O) groups excluding carboxylic acids is 1. The summed E-state index contributed by atoms with van der Waals surface area (Å²) in [7, 11) is 0. The van der Waals surface area contributed by atoms with Crippen molar-refractivity contribution in [2.24, 2.45) is 10.1 Å². The molecule has 0 radical (unpaired) electrons. The van der Waals surface area contributed by atoms with Gasteiger partial charge in [0.2, 0.25) is 5.17 Å². The number of amides is 1. The summed E-state index contributed by atoms with van der Waals surface area (Å²) in [6.07, 6.45) is 1.67. The van der Waals surface area contributed by atoms with Gasteiger partial charge in [-0.25, -0.2) is 0 Å². The fourth-order valence-corrected chi connectivity index (χ4v) is 3.30. The number of hydrogen-bond acceptors (Lipinski definition) is 4. The zero-order chi connectivity index (χ0) is 16.5. The predicted octanol–water partition coefficient (Wildman–Crippen LogP) is 3.35. The third-order valence-electron chi connectivity index (χ3n) is 3.59. The Balaban J connectivity index is 1.71. The second-order valence-electron chi connectivity index (χ2n) is 5.20. The van der Waals surface area contributed by atoms with Gasteiger partial charge in [-0.2, -0.15) is 15.1 Å². The number of amidine groups is 2. The van der Waals surface area contributed by atoms with Crippen LogP contribution in [-0.2, 0) is 4.79 Å². The van der Waals surface area contributed by atoms with E-state index in [1.807, 2.05) is 60.7 Å². The molecule has 0 saturated carbocycles. The Bertz CT molecular complexity index is 917. The summed E-state index contributed by atoms with van der Waals surface area (Å²) in [6.45, 7) is 0. The Hall–Kier alpha value is -2.99. The van der Waals surface area contributed by atoms with Crippen molar-refractivity contribution in [3.05, 3.63) is 77.4 Å². The maximum atomic E-state index is 12.3. The Morgan fingerprint density at radius 1 is 1.00 bits per heavy atom. The molecule has 0 unspecified atom stereocenters. The molecule has 1 amide bonds. The molecule has 1 N–H and O–H groups in total. The van der Waals surface area contributed by atoms with Crippen molar-refractivity contribution in [1.29, 1.82) is 5.41 Å².